The maximum Gasteiger partial charge on any atom is 0.416 e. The Morgan fingerprint density at radius 2 is 1.96 bits per heavy atom. The molecule has 1 aromatic heterocycles. The first-order valence-corrected chi connectivity index (χ1v) is 9.02. The summed E-state index contributed by atoms with van der Waals surface area (Å²) in [6.07, 6.45) is 2.87. The molecule has 0 bridgehead atoms. The number of allylic oxidation sites excluding steroid dienone is 2. The molecule has 0 fully saturated rings. The zero-order valence-corrected chi connectivity index (χ0v) is 14.6. The number of alkyl halides is 3. The van der Waals surface area contributed by atoms with Crippen molar-refractivity contribution in [2.75, 3.05) is 6.54 Å². The van der Waals surface area contributed by atoms with Gasteiger partial charge in [-0.3, -0.25) is 4.79 Å². The highest BCUT2D eigenvalue weighted by Gasteiger charge is 2.32. The topological polar surface area (TPSA) is 46.3 Å². The standard InChI is InChI=1S/C20H19F3N2O2/c21-20(22,23)15-8-6-13(7-9-15)18-16-12-25(11-10-17(16)27-24-18)19(26)14-4-2-1-3-5-14/h1-2,6-9,14H,3-5,10-12H2/t14-/m1/s1. The smallest absolute Gasteiger partial charge is 0.360 e. The molecule has 27 heavy (non-hydrogen) atoms. The van der Waals surface area contributed by atoms with Gasteiger partial charge in [-0.15, -0.1) is 0 Å². The average molecular weight is 376 g/mol. The van der Waals surface area contributed by atoms with Crippen molar-refractivity contribution in [3.05, 3.63) is 53.3 Å². The third-order valence-electron chi connectivity index (χ3n) is 5.24. The predicted molar refractivity (Wildman–Crippen MR) is 92.5 cm³/mol. The molecule has 4 nitrogen and oxygen atoms in total. The second-order valence-corrected chi connectivity index (χ2v) is 7.00. The van der Waals surface area contributed by atoms with Crippen molar-refractivity contribution in [1.29, 1.82) is 0 Å². The van der Waals surface area contributed by atoms with Crippen molar-refractivity contribution in [3.8, 4) is 11.3 Å². The molecule has 1 aromatic carbocycles. The van der Waals surface area contributed by atoms with E-state index in [1.807, 2.05) is 4.90 Å². The minimum atomic E-state index is -4.38. The molecule has 2 aliphatic rings. The van der Waals surface area contributed by atoms with Crippen molar-refractivity contribution >= 4 is 5.91 Å². The number of hydrogen-bond acceptors (Lipinski definition) is 3. The molecule has 1 aliphatic heterocycles. The quantitative estimate of drug-likeness (QED) is 0.720. The van der Waals surface area contributed by atoms with Gasteiger partial charge in [0.2, 0.25) is 5.91 Å². The molecular formula is C20H19F3N2O2. The van der Waals surface area contributed by atoms with Crippen molar-refractivity contribution < 1.29 is 22.5 Å². The summed E-state index contributed by atoms with van der Waals surface area (Å²) in [5.74, 6) is 0.841. The molecule has 1 amide bonds. The normalized spacial score (nSPS) is 19.8. The van der Waals surface area contributed by atoms with Crippen molar-refractivity contribution in [2.24, 2.45) is 5.92 Å². The van der Waals surface area contributed by atoms with Gasteiger partial charge < -0.3 is 9.42 Å². The molecule has 0 spiro atoms. The average Bonchev–Trinajstić information content (AvgIpc) is 3.10. The monoisotopic (exact) mass is 376 g/mol. The third kappa shape index (κ3) is 3.50. The minimum absolute atomic E-state index is 0.00549. The highest BCUT2D eigenvalue weighted by Crippen LogP contribution is 2.34. The summed E-state index contributed by atoms with van der Waals surface area (Å²) in [5.41, 5.74) is 1.16. The van der Waals surface area contributed by atoms with E-state index < -0.39 is 11.7 Å². The van der Waals surface area contributed by atoms with E-state index in [4.69, 9.17) is 4.52 Å². The number of fused-ring (bicyclic) bond motifs is 1. The highest BCUT2D eigenvalue weighted by molar-refractivity contribution is 5.80. The lowest BCUT2D eigenvalue weighted by atomic mass is 9.92. The maximum absolute atomic E-state index is 12.8. The molecule has 1 aliphatic carbocycles. The Bertz CT molecular complexity index is 868. The van der Waals surface area contributed by atoms with Gasteiger partial charge in [0, 0.05) is 30.0 Å². The molecule has 4 rings (SSSR count). The van der Waals surface area contributed by atoms with Crippen LogP contribution in [0.3, 0.4) is 0 Å². The largest absolute Gasteiger partial charge is 0.416 e. The van der Waals surface area contributed by atoms with Gasteiger partial charge in [0.1, 0.15) is 11.5 Å². The maximum atomic E-state index is 12.8. The van der Waals surface area contributed by atoms with E-state index >= 15 is 0 Å². The molecule has 0 saturated carbocycles. The molecule has 2 aromatic rings. The lowest BCUT2D eigenvalue weighted by Crippen LogP contribution is -2.39. The fourth-order valence-corrected chi connectivity index (χ4v) is 3.72. The summed E-state index contributed by atoms with van der Waals surface area (Å²) in [6.45, 7) is 0.960. The van der Waals surface area contributed by atoms with Gasteiger partial charge in [-0.2, -0.15) is 13.2 Å². The number of aromatic nitrogens is 1. The number of carbonyl (C=O) groups is 1. The Hall–Kier alpha value is -2.57. The number of amides is 1. The van der Waals surface area contributed by atoms with Crippen molar-refractivity contribution in [1.82, 2.24) is 10.1 Å². The van der Waals surface area contributed by atoms with Crippen LogP contribution in [0.4, 0.5) is 13.2 Å². The fraction of sp³-hybridized carbons (Fsp3) is 0.400. The second-order valence-electron chi connectivity index (χ2n) is 7.00. The van der Waals surface area contributed by atoms with Crippen LogP contribution in [0.2, 0.25) is 0 Å². The third-order valence-corrected chi connectivity index (χ3v) is 5.24. The summed E-state index contributed by atoms with van der Waals surface area (Å²) in [4.78, 5) is 14.6. The first-order chi connectivity index (χ1) is 12.9. The Morgan fingerprint density at radius 1 is 1.19 bits per heavy atom. The minimum Gasteiger partial charge on any atom is -0.360 e. The van der Waals surface area contributed by atoms with Crippen LogP contribution in [0.5, 0.6) is 0 Å². The van der Waals surface area contributed by atoms with Crippen molar-refractivity contribution in [2.45, 2.75) is 38.4 Å². The highest BCUT2D eigenvalue weighted by atomic mass is 19.4. The molecular weight excluding hydrogens is 357 g/mol. The van der Waals surface area contributed by atoms with Crippen LogP contribution in [0.15, 0.2) is 40.9 Å². The van der Waals surface area contributed by atoms with E-state index in [0.29, 0.717) is 36.5 Å². The molecule has 2 heterocycles. The number of rotatable bonds is 2. The van der Waals surface area contributed by atoms with Crippen LogP contribution in [-0.4, -0.2) is 22.5 Å². The number of nitrogens with zero attached hydrogens (tertiary/aromatic N) is 2. The number of benzene rings is 1. The van der Waals surface area contributed by atoms with Crippen LogP contribution in [0, 0.1) is 5.92 Å². The summed E-state index contributed by atoms with van der Waals surface area (Å²) in [5, 5.41) is 4.06. The fourth-order valence-electron chi connectivity index (χ4n) is 3.72. The molecule has 1 atom stereocenters. The SMILES string of the molecule is O=C([C@@H]1CC=CCC1)N1CCc2onc(-c3ccc(C(F)(F)F)cc3)c2C1. The van der Waals surface area contributed by atoms with Crippen LogP contribution in [-0.2, 0) is 23.9 Å². The van der Waals surface area contributed by atoms with E-state index in [2.05, 4.69) is 17.3 Å². The molecule has 142 valence electrons. The van der Waals surface area contributed by atoms with Gasteiger partial charge in [-0.1, -0.05) is 29.4 Å². The molecule has 0 unspecified atom stereocenters. The zero-order chi connectivity index (χ0) is 19.0. The van der Waals surface area contributed by atoms with Gasteiger partial charge in [-0.25, -0.2) is 0 Å². The first-order valence-electron chi connectivity index (χ1n) is 9.02. The zero-order valence-electron chi connectivity index (χ0n) is 14.6. The second kappa shape index (κ2) is 6.87. The molecule has 0 saturated heterocycles. The van der Waals surface area contributed by atoms with Crippen LogP contribution >= 0.6 is 0 Å². The summed E-state index contributed by atoms with van der Waals surface area (Å²) in [7, 11) is 0. The lowest BCUT2D eigenvalue weighted by Gasteiger charge is -2.30. The van der Waals surface area contributed by atoms with E-state index in [1.165, 1.54) is 12.1 Å². The number of halogens is 3. The van der Waals surface area contributed by atoms with E-state index in [9.17, 15) is 18.0 Å². The van der Waals surface area contributed by atoms with Crippen molar-refractivity contribution in [3.63, 3.8) is 0 Å². The van der Waals surface area contributed by atoms with Gasteiger partial charge in [-0.05, 0) is 31.4 Å². The molecule has 7 heteroatoms. The predicted octanol–water partition coefficient (Wildman–Crippen LogP) is 4.60. The Labute approximate surface area is 154 Å². The van der Waals surface area contributed by atoms with Crippen LogP contribution in [0.1, 0.15) is 36.1 Å². The number of hydrogen-bond donors (Lipinski definition) is 0. The molecule has 0 N–H and O–H groups in total. The van der Waals surface area contributed by atoms with E-state index in [1.54, 1.807) is 0 Å². The Balaban J connectivity index is 1.56. The summed E-state index contributed by atoms with van der Waals surface area (Å²) in [6, 6.07) is 4.87. The van der Waals surface area contributed by atoms with Gasteiger partial charge in [0.25, 0.3) is 0 Å². The van der Waals surface area contributed by atoms with Crippen LogP contribution in [0.25, 0.3) is 11.3 Å². The first kappa shape index (κ1) is 17.8. The number of carbonyl (C=O) groups excluding carboxylic acids is 1. The van der Waals surface area contributed by atoms with E-state index in [-0.39, 0.29) is 11.8 Å². The van der Waals surface area contributed by atoms with Gasteiger partial charge >= 0.3 is 6.18 Å². The van der Waals surface area contributed by atoms with Gasteiger partial charge in [0.05, 0.1) is 12.1 Å². The Kier molecular flexibility index (Phi) is 4.53. The lowest BCUT2D eigenvalue weighted by molar-refractivity contribution is -0.138. The summed E-state index contributed by atoms with van der Waals surface area (Å²) >= 11 is 0. The van der Waals surface area contributed by atoms with E-state index in [0.717, 1.165) is 37.0 Å². The molecule has 0 radical (unpaired) electrons. The Morgan fingerprint density at radius 3 is 2.63 bits per heavy atom. The summed E-state index contributed by atoms with van der Waals surface area (Å²) < 4.78 is 43.7. The van der Waals surface area contributed by atoms with Crippen LogP contribution < -0.4 is 0 Å². The van der Waals surface area contributed by atoms with Gasteiger partial charge in [0.15, 0.2) is 0 Å².